The predicted octanol–water partition coefficient (Wildman–Crippen LogP) is 5.86. The molecular formula is C28H47NO3. The maximum Gasteiger partial charge on any atom is 0.160 e. The summed E-state index contributed by atoms with van der Waals surface area (Å²) in [5, 5.41) is 3.43. The third-order valence-electron chi connectivity index (χ3n) is 10.2. The Bertz CT molecular complexity index is 655. The Kier molecular flexibility index (Phi) is 7.06. The summed E-state index contributed by atoms with van der Waals surface area (Å²) in [5.74, 6) is 1.91. The monoisotopic (exact) mass is 445 g/mol. The third-order valence-corrected chi connectivity index (χ3v) is 10.2. The number of allylic oxidation sites excluding steroid dienone is 1. The molecule has 0 aromatic carbocycles. The summed E-state index contributed by atoms with van der Waals surface area (Å²) in [4.78, 5) is 0. The number of ether oxygens (including phenoxy) is 3. The highest BCUT2D eigenvalue weighted by Crippen LogP contribution is 2.63. The summed E-state index contributed by atoms with van der Waals surface area (Å²) >= 11 is 0. The lowest BCUT2D eigenvalue weighted by Gasteiger charge is -2.63. The maximum absolute atomic E-state index is 6.73. The molecule has 3 saturated carbocycles. The van der Waals surface area contributed by atoms with Gasteiger partial charge in [-0.25, -0.2) is 0 Å². The molecule has 0 radical (unpaired) electrons. The smallest absolute Gasteiger partial charge is 0.160 e. The molecule has 2 heterocycles. The highest BCUT2D eigenvalue weighted by molar-refractivity contribution is 5.18. The summed E-state index contributed by atoms with van der Waals surface area (Å²) < 4.78 is 19.5. The molecule has 4 nitrogen and oxygen atoms in total. The first-order chi connectivity index (χ1) is 15.5. The molecule has 1 unspecified atom stereocenters. The SMILES string of the molecule is C=C1CCC2[C@]3(C)CO[C@@H](C4CCCC4)O[C@@H]3CC[C@@]2(C)[C@@H]1CCCOC1CCNCC1. The van der Waals surface area contributed by atoms with Gasteiger partial charge in [0, 0.05) is 17.9 Å². The van der Waals surface area contributed by atoms with Gasteiger partial charge < -0.3 is 19.5 Å². The first-order valence-corrected chi connectivity index (χ1v) is 13.8. The molecule has 5 fully saturated rings. The first-order valence-electron chi connectivity index (χ1n) is 13.8. The molecule has 182 valence electrons. The Morgan fingerprint density at radius 1 is 1.03 bits per heavy atom. The molecule has 0 amide bonds. The van der Waals surface area contributed by atoms with E-state index in [9.17, 15) is 0 Å². The van der Waals surface area contributed by atoms with Crippen molar-refractivity contribution < 1.29 is 14.2 Å². The van der Waals surface area contributed by atoms with Crippen LogP contribution in [0.5, 0.6) is 0 Å². The third kappa shape index (κ3) is 4.34. The van der Waals surface area contributed by atoms with Crippen molar-refractivity contribution in [3.63, 3.8) is 0 Å². The van der Waals surface area contributed by atoms with Crippen molar-refractivity contribution in [2.24, 2.45) is 28.6 Å². The number of hydrogen-bond donors (Lipinski definition) is 1. The van der Waals surface area contributed by atoms with Crippen molar-refractivity contribution in [3.05, 3.63) is 12.2 Å². The van der Waals surface area contributed by atoms with Crippen LogP contribution in [0, 0.1) is 28.6 Å². The van der Waals surface area contributed by atoms with E-state index in [0.717, 1.165) is 45.6 Å². The molecule has 5 aliphatic rings. The highest BCUT2D eigenvalue weighted by atomic mass is 16.7. The van der Waals surface area contributed by atoms with Crippen molar-refractivity contribution in [1.82, 2.24) is 5.32 Å². The van der Waals surface area contributed by atoms with E-state index in [0.29, 0.717) is 35.4 Å². The van der Waals surface area contributed by atoms with Gasteiger partial charge in [-0.2, -0.15) is 0 Å². The van der Waals surface area contributed by atoms with E-state index in [4.69, 9.17) is 14.2 Å². The normalized spacial score (nSPS) is 43.8. The Balaban J connectivity index is 1.21. The van der Waals surface area contributed by atoms with Gasteiger partial charge in [0.25, 0.3) is 0 Å². The van der Waals surface area contributed by atoms with Crippen LogP contribution in [-0.2, 0) is 14.2 Å². The molecule has 4 heteroatoms. The Hall–Kier alpha value is -0.420. The van der Waals surface area contributed by atoms with Gasteiger partial charge in [0.2, 0.25) is 0 Å². The van der Waals surface area contributed by atoms with Crippen LogP contribution in [0.4, 0.5) is 0 Å². The van der Waals surface area contributed by atoms with Crippen LogP contribution in [0.1, 0.15) is 90.9 Å². The molecule has 0 bridgehead atoms. The highest BCUT2D eigenvalue weighted by Gasteiger charge is 2.60. The van der Waals surface area contributed by atoms with Gasteiger partial charge in [-0.1, -0.05) is 38.8 Å². The van der Waals surface area contributed by atoms with Crippen LogP contribution in [0.3, 0.4) is 0 Å². The van der Waals surface area contributed by atoms with Crippen LogP contribution >= 0.6 is 0 Å². The number of piperidine rings is 1. The largest absolute Gasteiger partial charge is 0.378 e. The molecule has 3 aliphatic carbocycles. The van der Waals surface area contributed by atoms with Crippen molar-refractivity contribution >= 4 is 0 Å². The lowest BCUT2D eigenvalue weighted by Crippen LogP contribution is -2.61. The van der Waals surface area contributed by atoms with Crippen LogP contribution in [0.2, 0.25) is 0 Å². The lowest BCUT2D eigenvalue weighted by molar-refractivity contribution is -0.316. The van der Waals surface area contributed by atoms with E-state index in [-0.39, 0.29) is 11.7 Å². The molecule has 2 aliphatic heterocycles. The fraction of sp³-hybridized carbons (Fsp3) is 0.929. The Labute approximate surface area is 196 Å². The minimum atomic E-state index is 0.0569. The van der Waals surface area contributed by atoms with Crippen molar-refractivity contribution in [3.8, 4) is 0 Å². The first kappa shape index (κ1) is 23.3. The zero-order valence-corrected chi connectivity index (χ0v) is 20.7. The minimum Gasteiger partial charge on any atom is -0.378 e. The van der Waals surface area contributed by atoms with Crippen molar-refractivity contribution in [2.45, 2.75) is 109 Å². The number of rotatable bonds is 6. The van der Waals surface area contributed by atoms with Crippen LogP contribution in [-0.4, -0.2) is 44.8 Å². The van der Waals surface area contributed by atoms with Gasteiger partial charge in [0.1, 0.15) is 0 Å². The Morgan fingerprint density at radius 2 is 1.81 bits per heavy atom. The molecule has 0 aromatic heterocycles. The average Bonchev–Trinajstić information content (AvgIpc) is 3.33. The van der Waals surface area contributed by atoms with Gasteiger partial charge >= 0.3 is 0 Å². The van der Waals surface area contributed by atoms with Crippen molar-refractivity contribution in [2.75, 3.05) is 26.3 Å². The number of fused-ring (bicyclic) bond motifs is 3. The van der Waals surface area contributed by atoms with Gasteiger partial charge in [0.05, 0.1) is 18.8 Å². The van der Waals surface area contributed by atoms with Crippen LogP contribution < -0.4 is 5.32 Å². The second-order valence-corrected chi connectivity index (χ2v) is 12.2. The summed E-state index contributed by atoms with van der Waals surface area (Å²) in [6, 6.07) is 0. The van der Waals surface area contributed by atoms with Crippen molar-refractivity contribution in [1.29, 1.82) is 0 Å². The predicted molar refractivity (Wildman–Crippen MR) is 128 cm³/mol. The summed E-state index contributed by atoms with van der Waals surface area (Å²) in [5.41, 5.74) is 1.96. The molecule has 32 heavy (non-hydrogen) atoms. The van der Waals surface area contributed by atoms with Gasteiger partial charge in [-0.3, -0.25) is 0 Å². The average molecular weight is 446 g/mol. The molecule has 2 saturated heterocycles. The number of hydrogen-bond acceptors (Lipinski definition) is 4. The molecular weight excluding hydrogens is 398 g/mol. The van der Waals surface area contributed by atoms with E-state index in [1.165, 1.54) is 63.4 Å². The zero-order valence-electron chi connectivity index (χ0n) is 20.7. The standard InChI is InChI=1S/C28H47NO3/c1-20-10-11-24-27(2,23(20)9-6-18-30-22-13-16-29-17-14-22)15-12-25-28(24,3)19-31-26(32-25)21-7-4-5-8-21/h21-26,29H,1,4-19H2,2-3H3/t23-,24?,25-,26-,27+,28+/m1/s1. The molecule has 0 aromatic rings. The van der Waals surface area contributed by atoms with E-state index in [1.807, 2.05) is 0 Å². The zero-order chi connectivity index (χ0) is 22.2. The topological polar surface area (TPSA) is 39.7 Å². The number of nitrogens with one attached hydrogen (secondary N) is 1. The van der Waals surface area contributed by atoms with E-state index < -0.39 is 0 Å². The quantitative estimate of drug-likeness (QED) is 0.411. The fourth-order valence-corrected chi connectivity index (χ4v) is 8.36. The van der Waals surface area contributed by atoms with E-state index >= 15 is 0 Å². The van der Waals surface area contributed by atoms with Crippen LogP contribution in [0.25, 0.3) is 0 Å². The molecule has 1 N–H and O–H groups in total. The summed E-state index contributed by atoms with van der Waals surface area (Å²) in [7, 11) is 0. The van der Waals surface area contributed by atoms with Gasteiger partial charge in [0.15, 0.2) is 6.29 Å². The molecule has 5 rings (SSSR count). The maximum atomic E-state index is 6.73. The summed E-state index contributed by atoms with van der Waals surface area (Å²) in [6.45, 7) is 13.6. The van der Waals surface area contributed by atoms with E-state index in [1.54, 1.807) is 0 Å². The Morgan fingerprint density at radius 3 is 2.59 bits per heavy atom. The minimum absolute atomic E-state index is 0.0569. The lowest BCUT2D eigenvalue weighted by atomic mass is 9.46. The van der Waals surface area contributed by atoms with Gasteiger partial charge in [-0.15, -0.1) is 0 Å². The summed E-state index contributed by atoms with van der Waals surface area (Å²) in [6.07, 6.45) is 15.8. The second kappa shape index (κ2) is 9.68. The van der Waals surface area contributed by atoms with Gasteiger partial charge in [-0.05, 0) is 94.5 Å². The fourth-order valence-electron chi connectivity index (χ4n) is 8.36. The van der Waals surface area contributed by atoms with E-state index in [2.05, 4.69) is 25.7 Å². The second-order valence-electron chi connectivity index (χ2n) is 12.2. The van der Waals surface area contributed by atoms with Crippen LogP contribution in [0.15, 0.2) is 12.2 Å². The molecule has 6 atom stereocenters. The molecule has 0 spiro atoms.